The zero-order valence-corrected chi connectivity index (χ0v) is 17.7. The molecule has 0 N–H and O–H groups in total. The zero-order chi connectivity index (χ0) is 21.9. The molecule has 1 aliphatic heterocycles. The Kier molecular flexibility index (Phi) is 5.50. The Bertz CT molecular complexity index is 1290. The standard InChI is InChI=1S/C26H24N4O2/c31-25(29-16-13-21(14-17-29)20-10-5-2-6-11-20)23-26(32)30(18-19-8-3-1-4-9-19)24-22(28-23)12-7-15-27-24/h1-12,15,21H,13-14,16-18H2. The highest BCUT2D eigenvalue weighted by Gasteiger charge is 2.28. The molecule has 3 heterocycles. The topological polar surface area (TPSA) is 68.1 Å². The molecule has 2 aromatic heterocycles. The van der Waals surface area contributed by atoms with Crippen molar-refractivity contribution in [1.29, 1.82) is 0 Å². The van der Waals surface area contributed by atoms with Crippen LogP contribution in [-0.4, -0.2) is 38.4 Å². The van der Waals surface area contributed by atoms with Gasteiger partial charge in [-0.2, -0.15) is 0 Å². The van der Waals surface area contributed by atoms with Crippen LogP contribution in [0.15, 0.2) is 83.8 Å². The highest BCUT2D eigenvalue weighted by atomic mass is 16.2. The van der Waals surface area contributed by atoms with Crippen LogP contribution < -0.4 is 5.56 Å². The second-order valence-electron chi connectivity index (χ2n) is 8.16. The lowest BCUT2D eigenvalue weighted by Gasteiger charge is -2.32. The van der Waals surface area contributed by atoms with Crippen molar-refractivity contribution < 1.29 is 4.79 Å². The maximum atomic E-state index is 13.4. The summed E-state index contributed by atoms with van der Waals surface area (Å²) in [6.45, 7) is 1.57. The summed E-state index contributed by atoms with van der Waals surface area (Å²) in [6, 6.07) is 23.7. The first-order valence-electron chi connectivity index (χ1n) is 10.9. The number of rotatable bonds is 4. The van der Waals surface area contributed by atoms with Crippen molar-refractivity contribution in [3.05, 3.63) is 106 Å². The van der Waals surface area contributed by atoms with E-state index in [2.05, 4.69) is 34.2 Å². The lowest BCUT2D eigenvalue weighted by Crippen LogP contribution is -2.42. The van der Waals surface area contributed by atoms with Crippen LogP contribution in [0.5, 0.6) is 0 Å². The van der Waals surface area contributed by atoms with E-state index in [1.165, 1.54) is 5.56 Å². The number of piperidine rings is 1. The predicted molar refractivity (Wildman–Crippen MR) is 124 cm³/mol. The van der Waals surface area contributed by atoms with E-state index in [-0.39, 0.29) is 11.6 Å². The van der Waals surface area contributed by atoms with E-state index < -0.39 is 5.56 Å². The van der Waals surface area contributed by atoms with Gasteiger partial charge in [-0.15, -0.1) is 0 Å². The molecule has 0 atom stereocenters. The second kappa shape index (κ2) is 8.75. The SMILES string of the molecule is O=C(c1nc2cccnc2n(Cc2ccccc2)c1=O)N1CCC(c2ccccc2)CC1. The van der Waals surface area contributed by atoms with Gasteiger partial charge in [0.15, 0.2) is 11.3 Å². The van der Waals surface area contributed by atoms with Crippen LogP contribution in [0.3, 0.4) is 0 Å². The minimum absolute atomic E-state index is 0.0282. The molecule has 4 aromatic rings. The summed E-state index contributed by atoms with van der Waals surface area (Å²) in [5.74, 6) is 0.137. The summed E-state index contributed by atoms with van der Waals surface area (Å²) in [4.78, 5) is 37.3. The molecule has 1 aliphatic rings. The summed E-state index contributed by atoms with van der Waals surface area (Å²) in [5.41, 5.74) is 2.88. The molecule has 1 amide bonds. The van der Waals surface area contributed by atoms with Gasteiger partial charge >= 0.3 is 0 Å². The van der Waals surface area contributed by atoms with Crippen LogP contribution in [0.25, 0.3) is 11.2 Å². The number of hydrogen-bond acceptors (Lipinski definition) is 4. The second-order valence-corrected chi connectivity index (χ2v) is 8.16. The molecular formula is C26H24N4O2. The van der Waals surface area contributed by atoms with Crippen molar-refractivity contribution in [2.75, 3.05) is 13.1 Å². The Morgan fingerprint density at radius 2 is 1.59 bits per heavy atom. The Hall–Kier alpha value is -3.80. The molecular weight excluding hydrogens is 400 g/mol. The monoisotopic (exact) mass is 424 g/mol. The Labute approximate surface area is 186 Å². The number of carbonyl (C=O) groups is 1. The number of likely N-dealkylation sites (tertiary alicyclic amines) is 1. The lowest BCUT2D eigenvalue weighted by atomic mass is 9.89. The first kappa shape index (κ1) is 20.1. The normalized spacial score (nSPS) is 14.6. The molecule has 0 bridgehead atoms. The first-order chi connectivity index (χ1) is 15.7. The molecule has 0 saturated carbocycles. The van der Waals surface area contributed by atoms with Crippen molar-refractivity contribution in [3.8, 4) is 0 Å². The van der Waals surface area contributed by atoms with Crippen LogP contribution >= 0.6 is 0 Å². The molecule has 2 aromatic carbocycles. The van der Waals surface area contributed by atoms with Gasteiger partial charge < -0.3 is 4.90 Å². The van der Waals surface area contributed by atoms with Gasteiger partial charge in [-0.3, -0.25) is 14.2 Å². The van der Waals surface area contributed by atoms with Crippen molar-refractivity contribution in [2.24, 2.45) is 0 Å². The van der Waals surface area contributed by atoms with E-state index in [1.54, 1.807) is 27.8 Å². The van der Waals surface area contributed by atoms with Gasteiger partial charge in [0.05, 0.1) is 6.54 Å². The molecule has 1 fully saturated rings. The maximum Gasteiger partial charge on any atom is 0.284 e. The first-order valence-corrected chi connectivity index (χ1v) is 10.9. The summed E-state index contributed by atoms with van der Waals surface area (Å²) in [5, 5.41) is 0. The highest BCUT2D eigenvalue weighted by molar-refractivity contribution is 5.93. The average molecular weight is 425 g/mol. The van der Waals surface area contributed by atoms with E-state index in [0.29, 0.717) is 36.7 Å². The Morgan fingerprint density at radius 1 is 0.906 bits per heavy atom. The Morgan fingerprint density at radius 3 is 2.31 bits per heavy atom. The number of fused-ring (bicyclic) bond motifs is 1. The third-order valence-electron chi connectivity index (χ3n) is 6.14. The third-order valence-corrected chi connectivity index (χ3v) is 6.14. The maximum absolute atomic E-state index is 13.4. The van der Waals surface area contributed by atoms with Gasteiger partial charge in [0.25, 0.3) is 11.5 Å². The van der Waals surface area contributed by atoms with Crippen LogP contribution in [0.2, 0.25) is 0 Å². The molecule has 0 spiro atoms. The summed E-state index contributed by atoms with van der Waals surface area (Å²) >= 11 is 0. The molecule has 0 radical (unpaired) electrons. The van der Waals surface area contributed by atoms with Crippen molar-refractivity contribution in [2.45, 2.75) is 25.3 Å². The van der Waals surface area contributed by atoms with Crippen molar-refractivity contribution in [3.63, 3.8) is 0 Å². The fraction of sp³-hybridized carbons (Fsp3) is 0.231. The van der Waals surface area contributed by atoms with Gasteiger partial charge in [-0.25, -0.2) is 9.97 Å². The smallest absolute Gasteiger partial charge is 0.284 e. The minimum Gasteiger partial charge on any atom is -0.337 e. The number of aromatic nitrogens is 3. The van der Waals surface area contributed by atoms with Gasteiger partial charge in [-0.1, -0.05) is 60.7 Å². The molecule has 6 heteroatoms. The number of pyridine rings is 1. The summed E-state index contributed by atoms with van der Waals surface area (Å²) < 4.78 is 1.56. The van der Waals surface area contributed by atoms with Crippen molar-refractivity contribution in [1.82, 2.24) is 19.4 Å². The molecule has 160 valence electrons. The van der Waals surface area contributed by atoms with Crippen LogP contribution in [0.4, 0.5) is 0 Å². The van der Waals surface area contributed by atoms with Crippen molar-refractivity contribution >= 4 is 17.1 Å². The van der Waals surface area contributed by atoms with Crippen LogP contribution in [0.1, 0.15) is 40.4 Å². The predicted octanol–water partition coefficient (Wildman–Crippen LogP) is 3.86. The lowest BCUT2D eigenvalue weighted by molar-refractivity contribution is 0.0705. The minimum atomic E-state index is -0.393. The number of nitrogens with zero attached hydrogens (tertiary/aromatic N) is 4. The van der Waals surface area contributed by atoms with Gasteiger partial charge in [-0.05, 0) is 42.0 Å². The van der Waals surface area contributed by atoms with Gasteiger partial charge in [0.2, 0.25) is 0 Å². The van der Waals surface area contributed by atoms with Gasteiger partial charge in [0.1, 0.15) is 5.52 Å². The largest absolute Gasteiger partial charge is 0.337 e. The van der Waals surface area contributed by atoms with Crippen LogP contribution in [-0.2, 0) is 6.54 Å². The fourth-order valence-corrected chi connectivity index (χ4v) is 4.42. The molecule has 0 unspecified atom stereocenters. The number of benzene rings is 2. The Balaban J connectivity index is 1.44. The molecule has 32 heavy (non-hydrogen) atoms. The zero-order valence-electron chi connectivity index (χ0n) is 17.7. The van der Waals surface area contributed by atoms with E-state index >= 15 is 0 Å². The van der Waals surface area contributed by atoms with E-state index in [9.17, 15) is 9.59 Å². The number of carbonyl (C=O) groups excluding carboxylic acids is 1. The van der Waals surface area contributed by atoms with Crippen LogP contribution in [0, 0.1) is 0 Å². The van der Waals surface area contributed by atoms with Gasteiger partial charge in [0, 0.05) is 19.3 Å². The fourth-order valence-electron chi connectivity index (χ4n) is 4.42. The summed E-state index contributed by atoms with van der Waals surface area (Å²) in [7, 11) is 0. The van der Waals surface area contributed by atoms with E-state index in [0.717, 1.165) is 18.4 Å². The molecule has 0 aliphatic carbocycles. The molecule has 5 rings (SSSR count). The summed E-state index contributed by atoms with van der Waals surface area (Å²) in [6.07, 6.45) is 3.40. The molecule has 1 saturated heterocycles. The molecule has 6 nitrogen and oxygen atoms in total. The highest BCUT2D eigenvalue weighted by Crippen LogP contribution is 2.28. The quantitative estimate of drug-likeness (QED) is 0.499. The number of amides is 1. The number of hydrogen-bond donors (Lipinski definition) is 0. The average Bonchev–Trinajstić information content (AvgIpc) is 2.86. The third kappa shape index (κ3) is 3.91. The van der Waals surface area contributed by atoms with E-state index in [1.807, 2.05) is 36.4 Å². The van der Waals surface area contributed by atoms with E-state index in [4.69, 9.17) is 0 Å².